The summed E-state index contributed by atoms with van der Waals surface area (Å²) in [4.78, 5) is 21.8. The van der Waals surface area contributed by atoms with Crippen molar-refractivity contribution in [3.8, 4) is 0 Å². The molecule has 0 aromatic heterocycles. The van der Waals surface area contributed by atoms with Crippen LogP contribution < -0.4 is 16.3 Å². The summed E-state index contributed by atoms with van der Waals surface area (Å²) >= 11 is 0. The Labute approximate surface area is 105 Å². The number of rotatable bonds is 4. The van der Waals surface area contributed by atoms with Crippen molar-refractivity contribution in [1.29, 1.82) is 0 Å². The Morgan fingerprint density at radius 3 is 2.28 bits per heavy atom. The standard InChI is InChI=1S/C11H15BN2O4/c1-8(15)13-14-11(16)7-4-9-2-5-10(6-3-9)12(17)18/h2-3,5-6,17-18H,4,7H2,1H3,(H,13,15)(H,14,16). The molecule has 0 aliphatic heterocycles. The van der Waals surface area contributed by atoms with E-state index in [4.69, 9.17) is 10.0 Å². The number of hydrogen-bond acceptors (Lipinski definition) is 4. The lowest BCUT2D eigenvalue weighted by Crippen LogP contribution is -2.40. The van der Waals surface area contributed by atoms with Gasteiger partial charge >= 0.3 is 7.12 Å². The van der Waals surface area contributed by atoms with Crippen LogP contribution in [0.2, 0.25) is 0 Å². The molecule has 18 heavy (non-hydrogen) atoms. The maximum Gasteiger partial charge on any atom is 0.488 e. The number of benzene rings is 1. The smallest absolute Gasteiger partial charge is 0.423 e. The number of aryl methyl sites for hydroxylation is 1. The highest BCUT2D eigenvalue weighted by atomic mass is 16.4. The molecule has 1 aromatic rings. The third-order valence-corrected chi connectivity index (χ3v) is 2.30. The monoisotopic (exact) mass is 250 g/mol. The van der Waals surface area contributed by atoms with Crippen molar-refractivity contribution in [1.82, 2.24) is 10.9 Å². The van der Waals surface area contributed by atoms with Crippen molar-refractivity contribution in [2.24, 2.45) is 0 Å². The molecule has 4 N–H and O–H groups in total. The van der Waals surface area contributed by atoms with Crippen LogP contribution in [0.4, 0.5) is 0 Å². The van der Waals surface area contributed by atoms with E-state index in [0.29, 0.717) is 11.9 Å². The number of carbonyl (C=O) groups is 2. The second kappa shape index (κ2) is 6.78. The molecule has 0 heterocycles. The summed E-state index contributed by atoms with van der Waals surface area (Å²) in [6.45, 7) is 1.30. The summed E-state index contributed by atoms with van der Waals surface area (Å²) in [6.07, 6.45) is 0.745. The summed E-state index contributed by atoms with van der Waals surface area (Å²) < 4.78 is 0. The zero-order valence-electron chi connectivity index (χ0n) is 10.0. The second-order valence-electron chi connectivity index (χ2n) is 3.84. The zero-order chi connectivity index (χ0) is 13.5. The molecular weight excluding hydrogens is 235 g/mol. The van der Waals surface area contributed by atoms with E-state index < -0.39 is 7.12 Å². The van der Waals surface area contributed by atoms with E-state index in [0.717, 1.165) is 5.56 Å². The Kier molecular flexibility index (Phi) is 5.35. The topological polar surface area (TPSA) is 98.7 Å². The first-order chi connectivity index (χ1) is 8.49. The molecule has 0 saturated heterocycles. The van der Waals surface area contributed by atoms with Crippen molar-refractivity contribution in [2.75, 3.05) is 0 Å². The molecule has 0 aliphatic carbocycles. The number of hydrazine groups is 1. The van der Waals surface area contributed by atoms with Gasteiger partial charge in [0.2, 0.25) is 11.8 Å². The Morgan fingerprint density at radius 1 is 1.17 bits per heavy atom. The van der Waals surface area contributed by atoms with Crippen LogP contribution in [0.1, 0.15) is 18.9 Å². The van der Waals surface area contributed by atoms with Gasteiger partial charge in [-0.05, 0) is 17.4 Å². The van der Waals surface area contributed by atoms with Gasteiger partial charge in [-0.3, -0.25) is 20.4 Å². The maximum atomic E-state index is 11.3. The van der Waals surface area contributed by atoms with Gasteiger partial charge in [0.05, 0.1) is 0 Å². The molecule has 0 radical (unpaired) electrons. The largest absolute Gasteiger partial charge is 0.488 e. The predicted octanol–water partition coefficient (Wildman–Crippen LogP) is -1.53. The average molecular weight is 250 g/mol. The predicted molar refractivity (Wildman–Crippen MR) is 66.5 cm³/mol. The SMILES string of the molecule is CC(=O)NNC(=O)CCc1ccc(B(O)O)cc1. The molecule has 6 nitrogen and oxygen atoms in total. The third-order valence-electron chi connectivity index (χ3n) is 2.30. The molecule has 0 unspecified atom stereocenters. The molecule has 0 atom stereocenters. The van der Waals surface area contributed by atoms with E-state index in [2.05, 4.69) is 10.9 Å². The van der Waals surface area contributed by atoms with Crippen LogP contribution in [0, 0.1) is 0 Å². The lowest BCUT2D eigenvalue weighted by Gasteiger charge is -2.05. The molecular formula is C11H15BN2O4. The van der Waals surface area contributed by atoms with Crippen LogP contribution in [-0.4, -0.2) is 29.0 Å². The quantitative estimate of drug-likeness (QED) is 0.384. The van der Waals surface area contributed by atoms with Gasteiger partial charge < -0.3 is 10.0 Å². The van der Waals surface area contributed by atoms with Crippen LogP contribution in [0.5, 0.6) is 0 Å². The van der Waals surface area contributed by atoms with Gasteiger partial charge in [0.15, 0.2) is 0 Å². The summed E-state index contributed by atoms with van der Waals surface area (Å²) in [5.74, 6) is -0.610. The van der Waals surface area contributed by atoms with E-state index in [1.165, 1.54) is 6.92 Å². The highest BCUT2D eigenvalue weighted by Crippen LogP contribution is 2.01. The van der Waals surface area contributed by atoms with Gasteiger partial charge in [-0.2, -0.15) is 0 Å². The fourth-order valence-electron chi connectivity index (χ4n) is 1.33. The van der Waals surface area contributed by atoms with E-state index >= 15 is 0 Å². The molecule has 1 aromatic carbocycles. The van der Waals surface area contributed by atoms with Gasteiger partial charge in [-0.15, -0.1) is 0 Å². The fourth-order valence-corrected chi connectivity index (χ4v) is 1.33. The third kappa shape index (κ3) is 4.98. The molecule has 0 aliphatic rings. The van der Waals surface area contributed by atoms with Crippen molar-refractivity contribution < 1.29 is 19.6 Å². The molecule has 0 saturated carbocycles. The van der Waals surface area contributed by atoms with Gasteiger partial charge in [0, 0.05) is 13.3 Å². The van der Waals surface area contributed by atoms with Gasteiger partial charge in [0.1, 0.15) is 0 Å². The minimum absolute atomic E-state index is 0.237. The zero-order valence-corrected chi connectivity index (χ0v) is 10.0. The Balaban J connectivity index is 2.39. The van der Waals surface area contributed by atoms with Crippen LogP contribution in [0.25, 0.3) is 0 Å². The van der Waals surface area contributed by atoms with Crippen molar-refractivity contribution in [2.45, 2.75) is 19.8 Å². The van der Waals surface area contributed by atoms with Gasteiger partial charge in [-0.25, -0.2) is 0 Å². The highest BCUT2D eigenvalue weighted by molar-refractivity contribution is 6.58. The number of amides is 2. The fraction of sp³-hybridized carbons (Fsp3) is 0.273. The van der Waals surface area contributed by atoms with E-state index in [1.807, 2.05) is 0 Å². The Hall–Kier alpha value is -1.86. The summed E-state index contributed by atoms with van der Waals surface area (Å²) in [7, 11) is -1.48. The minimum atomic E-state index is -1.48. The van der Waals surface area contributed by atoms with E-state index in [-0.39, 0.29) is 18.2 Å². The molecule has 1 rings (SSSR count). The molecule has 0 bridgehead atoms. The lowest BCUT2D eigenvalue weighted by molar-refractivity contribution is -0.127. The molecule has 2 amide bonds. The van der Waals surface area contributed by atoms with Crippen molar-refractivity contribution in [3.63, 3.8) is 0 Å². The normalized spacial score (nSPS) is 9.72. The summed E-state index contributed by atoms with van der Waals surface area (Å²) in [6, 6.07) is 6.62. The van der Waals surface area contributed by atoms with Crippen LogP contribution in [-0.2, 0) is 16.0 Å². The van der Waals surface area contributed by atoms with Crippen LogP contribution >= 0.6 is 0 Å². The second-order valence-corrected chi connectivity index (χ2v) is 3.84. The first-order valence-electron chi connectivity index (χ1n) is 5.49. The average Bonchev–Trinajstić information content (AvgIpc) is 2.34. The van der Waals surface area contributed by atoms with Gasteiger partial charge in [0.25, 0.3) is 0 Å². The summed E-state index contributed by atoms with van der Waals surface area (Å²) in [5, 5.41) is 17.8. The number of nitrogens with one attached hydrogen (secondary N) is 2. The Morgan fingerprint density at radius 2 is 1.78 bits per heavy atom. The van der Waals surface area contributed by atoms with Crippen molar-refractivity contribution >= 4 is 24.4 Å². The van der Waals surface area contributed by atoms with Crippen LogP contribution in [0.15, 0.2) is 24.3 Å². The molecule has 96 valence electrons. The lowest BCUT2D eigenvalue weighted by atomic mass is 9.80. The van der Waals surface area contributed by atoms with Crippen molar-refractivity contribution in [3.05, 3.63) is 29.8 Å². The number of hydrogen-bond donors (Lipinski definition) is 4. The van der Waals surface area contributed by atoms with Crippen LogP contribution in [0.3, 0.4) is 0 Å². The first kappa shape index (κ1) is 14.2. The van der Waals surface area contributed by atoms with Gasteiger partial charge in [-0.1, -0.05) is 24.3 Å². The maximum absolute atomic E-state index is 11.3. The minimum Gasteiger partial charge on any atom is -0.423 e. The number of carbonyl (C=O) groups excluding carboxylic acids is 2. The summed E-state index contributed by atoms with van der Waals surface area (Å²) in [5.41, 5.74) is 5.77. The first-order valence-corrected chi connectivity index (χ1v) is 5.49. The Bertz CT molecular complexity index is 420. The molecule has 0 spiro atoms. The van der Waals surface area contributed by atoms with E-state index in [1.54, 1.807) is 24.3 Å². The molecule has 7 heteroatoms. The molecule has 0 fully saturated rings. The van der Waals surface area contributed by atoms with E-state index in [9.17, 15) is 9.59 Å². The highest BCUT2D eigenvalue weighted by Gasteiger charge is 2.10.